The van der Waals surface area contributed by atoms with Gasteiger partial charge in [-0.1, -0.05) is 34.1 Å². The molecular weight excluding hydrogens is 488 g/mol. The van der Waals surface area contributed by atoms with Gasteiger partial charge in [-0.2, -0.15) is 5.10 Å². The minimum Gasteiger partial charge on any atom is -0.493 e. The second-order valence-corrected chi connectivity index (χ2v) is 8.01. The molecule has 0 saturated carbocycles. The van der Waals surface area contributed by atoms with Gasteiger partial charge < -0.3 is 14.2 Å². The van der Waals surface area contributed by atoms with Crippen LogP contribution in [0.5, 0.6) is 17.2 Å². The molecule has 0 aliphatic carbocycles. The summed E-state index contributed by atoms with van der Waals surface area (Å²) in [6.45, 7) is 3.76. The van der Waals surface area contributed by atoms with Crippen molar-refractivity contribution >= 4 is 34.0 Å². The Morgan fingerprint density at radius 2 is 1.79 bits per heavy atom. The molecule has 0 radical (unpaired) electrons. The monoisotopic (exact) mass is 510 g/mol. The molecule has 33 heavy (non-hydrogen) atoms. The maximum Gasteiger partial charge on any atom is 0.343 e. The standard InChI is InChI=1S/C25H23BrN2O5/c1-16-6-4-9-21(17(16)2)32-15-24(29)28-27-14-18-10-11-22(23(12-18)31-3)33-25(30)19-7-5-8-20(26)13-19/h4-14H,15H2,1-3H3,(H,28,29)/b27-14+. The highest BCUT2D eigenvalue weighted by molar-refractivity contribution is 9.10. The van der Waals surface area contributed by atoms with E-state index >= 15 is 0 Å². The zero-order valence-electron chi connectivity index (χ0n) is 18.4. The maximum absolute atomic E-state index is 12.4. The van der Waals surface area contributed by atoms with Gasteiger partial charge in [0.2, 0.25) is 0 Å². The molecular formula is C25H23BrN2O5. The Kier molecular flexibility index (Phi) is 8.21. The molecule has 1 amide bonds. The summed E-state index contributed by atoms with van der Waals surface area (Å²) in [4.78, 5) is 24.4. The van der Waals surface area contributed by atoms with Gasteiger partial charge in [0.05, 0.1) is 18.9 Å². The smallest absolute Gasteiger partial charge is 0.343 e. The molecule has 0 aliphatic rings. The summed E-state index contributed by atoms with van der Waals surface area (Å²) in [6.07, 6.45) is 1.46. The lowest BCUT2D eigenvalue weighted by Gasteiger charge is -2.10. The minimum absolute atomic E-state index is 0.157. The lowest BCUT2D eigenvalue weighted by atomic mass is 10.1. The zero-order valence-corrected chi connectivity index (χ0v) is 20.0. The number of methoxy groups -OCH3 is 1. The average molecular weight is 511 g/mol. The summed E-state index contributed by atoms with van der Waals surface area (Å²) < 4.78 is 17.1. The van der Waals surface area contributed by atoms with Crippen molar-refractivity contribution in [3.05, 3.63) is 87.4 Å². The van der Waals surface area contributed by atoms with Crippen molar-refractivity contribution in [1.29, 1.82) is 0 Å². The molecule has 0 atom stereocenters. The molecule has 0 saturated heterocycles. The van der Waals surface area contributed by atoms with Crippen molar-refractivity contribution in [3.63, 3.8) is 0 Å². The van der Waals surface area contributed by atoms with E-state index in [2.05, 4.69) is 26.5 Å². The number of rotatable bonds is 8. The van der Waals surface area contributed by atoms with Crippen LogP contribution in [0.3, 0.4) is 0 Å². The van der Waals surface area contributed by atoms with Crippen LogP contribution in [0, 0.1) is 13.8 Å². The quantitative estimate of drug-likeness (QED) is 0.203. The van der Waals surface area contributed by atoms with Crippen LogP contribution >= 0.6 is 15.9 Å². The summed E-state index contributed by atoms with van der Waals surface area (Å²) in [7, 11) is 1.47. The van der Waals surface area contributed by atoms with Crippen LogP contribution in [0.25, 0.3) is 0 Å². The molecule has 0 heterocycles. The van der Waals surface area contributed by atoms with E-state index in [1.165, 1.54) is 13.3 Å². The third-order valence-electron chi connectivity index (χ3n) is 4.77. The van der Waals surface area contributed by atoms with Crippen molar-refractivity contribution in [2.75, 3.05) is 13.7 Å². The molecule has 3 rings (SSSR count). The number of halogens is 1. The number of carbonyl (C=O) groups is 2. The molecule has 1 N–H and O–H groups in total. The number of amides is 1. The van der Waals surface area contributed by atoms with Crippen molar-refractivity contribution in [3.8, 4) is 17.2 Å². The zero-order chi connectivity index (χ0) is 23.8. The first kappa shape index (κ1) is 24.0. The largest absolute Gasteiger partial charge is 0.493 e. The molecule has 7 nitrogen and oxygen atoms in total. The van der Waals surface area contributed by atoms with Crippen molar-refractivity contribution < 1.29 is 23.8 Å². The number of hydrogen-bond acceptors (Lipinski definition) is 6. The van der Waals surface area contributed by atoms with Gasteiger partial charge >= 0.3 is 5.97 Å². The Balaban J connectivity index is 1.58. The van der Waals surface area contributed by atoms with Crippen molar-refractivity contribution in [2.24, 2.45) is 5.10 Å². The topological polar surface area (TPSA) is 86.2 Å². The van der Waals surface area contributed by atoms with Crippen LogP contribution in [-0.4, -0.2) is 31.8 Å². The predicted octanol–water partition coefficient (Wildman–Crippen LogP) is 4.82. The average Bonchev–Trinajstić information content (AvgIpc) is 2.80. The summed E-state index contributed by atoms with van der Waals surface area (Å²) in [6, 6.07) is 17.5. The van der Waals surface area contributed by atoms with Gasteiger partial charge in [-0.3, -0.25) is 4.79 Å². The fourth-order valence-electron chi connectivity index (χ4n) is 2.86. The van der Waals surface area contributed by atoms with Crippen LogP contribution in [0.1, 0.15) is 27.0 Å². The highest BCUT2D eigenvalue weighted by Gasteiger charge is 2.13. The van der Waals surface area contributed by atoms with E-state index in [0.29, 0.717) is 22.6 Å². The molecule has 170 valence electrons. The Morgan fingerprint density at radius 1 is 1.00 bits per heavy atom. The number of esters is 1. The lowest BCUT2D eigenvalue weighted by Crippen LogP contribution is -2.24. The minimum atomic E-state index is -0.507. The molecule has 0 aromatic heterocycles. The highest BCUT2D eigenvalue weighted by Crippen LogP contribution is 2.28. The molecule has 8 heteroatoms. The van der Waals surface area contributed by atoms with E-state index in [9.17, 15) is 9.59 Å². The van der Waals surface area contributed by atoms with E-state index in [4.69, 9.17) is 14.2 Å². The van der Waals surface area contributed by atoms with E-state index in [-0.39, 0.29) is 12.4 Å². The second-order valence-electron chi connectivity index (χ2n) is 7.09. The van der Waals surface area contributed by atoms with Gasteiger partial charge in [-0.25, -0.2) is 10.2 Å². The van der Waals surface area contributed by atoms with Crippen molar-refractivity contribution in [1.82, 2.24) is 5.43 Å². The SMILES string of the molecule is COc1cc(/C=N/NC(=O)COc2cccc(C)c2C)ccc1OC(=O)c1cccc(Br)c1. The molecule has 0 aliphatic heterocycles. The summed E-state index contributed by atoms with van der Waals surface area (Å²) in [5.41, 5.74) is 5.55. The lowest BCUT2D eigenvalue weighted by molar-refractivity contribution is -0.123. The van der Waals surface area contributed by atoms with Crippen LogP contribution in [0.15, 0.2) is 70.2 Å². The number of nitrogens with one attached hydrogen (secondary N) is 1. The van der Waals surface area contributed by atoms with Gasteiger partial charge in [0.15, 0.2) is 18.1 Å². The Bertz CT molecular complexity index is 1190. The third kappa shape index (κ3) is 6.66. The number of hydrogen-bond donors (Lipinski definition) is 1. The van der Waals surface area contributed by atoms with Gasteiger partial charge in [-0.15, -0.1) is 0 Å². The Morgan fingerprint density at radius 3 is 2.55 bits per heavy atom. The Labute approximate surface area is 200 Å². The van der Waals surface area contributed by atoms with Crippen LogP contribution in [0.2, 0.25) is 0 Å². The van der Waals surface area contributed by atoms with Crippen molar-refractivity contribution in [2.45, 2.75) is 13.8 Å². The predicted molar refractivity (Wildman–Crippen MR) is 129 cm³/mol. The maximum atomic E-state index is 12.4. The molecule has 0 fully saturated rings. The summed E-state index contributed by atoms with van der Waals surface area (Å²) in [5.74, 6) is 0.384. The fraction of sp³-hybridized carbons (Fsp3) is 0.160. The molecule has 0 bridgehead atoms. The highest BCUT2D eigenvalue weighted by atomic mass is 79.9. The molecule has 0 spiro atoms. The van der Waals surface area contributed by atoms with Crippen LogP contribution in [-0.2, 0) is 4.79 Å². The molecule has 3 aromatic carbocycles. The fourth-order valence-corrected chi connectivity index (χ4v) is 3.26. The van der Waals surface area contributed by atoms with E-state index in [1.54, 1.807) is 36.4 Å². The van der Waals surface area contributed by atoms with Gasteiger partial charge in [0.25, 0.3) is 5.91 Å². The number of hydrazone groups is 1. The van der Waals surface area contributed by atoms with Crippen LogP contribution in [0.4, 0.5) is 0 Å². The molecule has 3 aromatic rings. The first-order valence-corrected chi connectivity index (χ1v) is 10.8. The van der Waals surface area contributed by atoms with E-state index < -0.39 is 11.9 Å². The first-order chi connectivity index (χ1) is 15.9. The number of carbonyl (C=O) groups excluding carboxylic acids is 2. The number of ether oxygens (including phenoxy) is 3. The van der Waals surface area contributed by atoms with E-state index in [1.807, 2.05) is 38.1 Å². The first-order valence-electron chi connectivity index (χ1n) is 10.0. The van der Waals surface area contributed by atoms with Crippen LogP contribution < -0.4 is 19.6 Å². The van der Waals surface area contributed by atoms with Gasteiger partial charge in [0.1, 0.15) is 5.75 Å². The number of benzene rings is 3. The second kappa shape index (κ2) is 11.3. The summed E-state index contributed by atoms with van der Waals surface area (Å²) >= 11 is 3.33. The van der Waals surface area contributed by atoms with Gasteiger partial charge in [-0.05, 0) is 73.0 Å². The third-order valence-corrected chi connectivity index (χ3v) is 5.26. The van der Waals surface area contributed by atoms with E-state index in [0.717, 1.165) is 15.6 Å². The normalized spacial score (nSPS) is 10.7. The van der Waals surface area contributed by atoms with Gasteiger partial charge in [0, 0.05) is 4.47 Å². The number of aryl methyl sites for hydroxylation is 1. The number of nitrogens with zero attached hydrogens (tertiary/aromatic N) is 1. The Hall–Kier alpha value is -3.65. The summed E-state index contributed by atoms with van der Waals surface area (Å²) in [5, 5.41) is 3.94. The molecule has 0 unspecified atom stereocenters.